The largest absolute Gasteiger partial charge is 0.426 e. The maximum absolute atomic E-state index is 13.1. The van der Waals surface area contributed by atoms with E-state index in [9.17, 15) is 41.7 Å². The molecule has 36 heavy (non-hydrogen) atoms. The predicted octanol–water partition coefficient (Wildman–Crippen LogP) is 6.56. The summed E-state index contributed by atoms with van der Waals surface area (Å²) in [5.74, 6) is 1.22. The second kappa shape index (κ2) is 9.15. The monoisotopic (exact) mass is 526 g/mol. The van der Waals surface area contributed by atoms with Gasteiger partial charge in [-0.15, -0.1) is 0 Å². The number of halogens is 6. The molecule has 3 saturated carbocycles. The summed E-state index contributed by atoms with van der Waals surface area (Å²) in [5, 5.41) is 30.7. The lowest BCUT2D eigenvalue weighted by Gasteiger charge is -2.59. The molecule has 0 amide bonds. The van der Waals surface area contributed by atoms with Gasteiger partial charge in [0, 0.05) is 11.8 Å². The van der Waals surface area contributed by atoms with Gasteiger partial charge in [0.2, 0.25) is 0 Å². The molecule has 0 heterocycles. The Kier molecular flexibility index (Phi) is 7.17. The molecule has 4 rings (SSSR count). The molecule has 9 heteroatoms. The molecule has 0 aromatic carbocycles. The number of aliphatic hydroxyl groups excluding tert-OH is 2. The zero-order valence-corrected chi connectivity index (χ0v) is 21.3. The number of hydrogen-bond donors (Lipinski definition) is 3. The van der Waals surface area contributed by atoms with Crippen LogP contribution >= 0.6 is 0 Å². The van der Waals surface area contributed by atoms with Gasteiger partial charge in [-0.25, -0.2) is 0 Å². The number of aliphatic hydroxyl groups is 3. The molecule has 4 aliphatic rings. The maximum atomic E-state index is 13.1. The minimum atomic E-state index is -5.76. The van der Waals surface area contributed by atoms with E-state index in [4.69, 9.17) is 0 Å². The van der Waals surface area contributed by atoms with Crippen LogP contribution in [0.2, 0.25) is 0 Å². The molecule has 9 atom stereocenters. The predicted molar refractivity (Wildman–Crippen MR) is 123 cm³/mol. The summed E-state index contributed by atoms with van der Waals surface area (Å²) >= 11 is 0. The third-order valence-electron chi connectivity index (χ3n) is 11.1. The van der Waals surface area contributed by atoms with Gasteiger partial charge in [0.05, 0.1) is 12.2 Å². The van der Waals surface area contributed by atoms with E-state index in [1.807, 2.05) is 6.92 Å². The van der Waals surface area contributed by atoms with Crippen molar-refractivity contribution in [1.29, 1.82) is 0 Å². The Morgan fingerprint density at radius 2 is 1.64 bits per heavy atom. The Morgan fingerprint density at radius 3 is 2.25 bits per heavy atom. The minimum absolute atomic E-state index is 0.0498. The minimum Gasteiger partial charge on any atom is -0.393 e. The van der Waals surface area contributed by atoms with Crippen LogP contribution in [0.4, 0.5) is 26.3 Å². The first-order chi connectivity index (χ1) is 16.5. The molecule has 0 aromatic heterocycles. The molecule has 3 fully saturated rings. The Bertz CT molecular complexity index is 839. The highest BCUT2D eigenvalue weighted by Crippen LogP contribution is 2.67. The van der Waals surface area contributed by atoms with E-state index >= 15 is 0 Å². The zero-order chi connectivity index (χ0) is 26.9. The summed E-state index contributed by atoms with van der Waals surface area (Å²) in [7, 11) is 0. The quantitative estimate of drug-likeness (QED) is 0.281. The summed E-state index contributed by atoms with van der Waals surface area (Å²) in [6.45, 7) is 6.30. The maximum Gasteiger partial charge on any atom is 0.426 e. The van der Waals surface area contributed by atoms with Crippen molar-refractivity contribution in [2.24, 2.45) is 40.4 Å². The molecule has 0 aromatic rings. The molecule has 0 radical (unpaired) electrons. The number of rotatable bonds is 5. The summed E-state index contributed by atoms with van der Waals surface area (Å²) in [6, 6.07) is 0. The first-order valence-electron chi connectivity index (χ1n) is 13.4. The van der Waals surface area contributed by atoms with Gasteiger partial charge in [0.1, 0.15) is 0 Å². The molecule has 0 spiro atoms. The average Bonchev–Trinajstić information content (AvgIpc) is 3.10. The van der Waals surface area contributed by atoms with Crippen LogP contribution in [-0.4, -0.2) is 45.5 Å². The first kappa shape index (κ1) is 28.2. The molecular weight excluding hydrogens is 486 g/mol. The van der Waals surface area contributed by atoms with Crippen molar-refractivity contribution in [2.45, 2.75) is 115 Å². The fourth-order valence-corrected chi connectivity index (χ4v) is 9.00. The van der Waals surface area contributed by atoms with E-state index in [-0.39, 0.29) is 35.5 Å². The average molecular weight is 527 g/mol. The third kappa shape index (κ3) is 4.23. The van der Waals surface area contributed by atoms with Crippen LogP contribution in [0.25, 0.3) is 0 Å². The summed E-state index contributed by atoms with van der Waals surface area (Å²) < 4.78 is 78.3. The number of fused-ring (bicyclic) bond motifs is 5. The van der Waals surface area contributed by atoms with Crippen LogP contribution < -0.4 is 0 Å². The van der Waals surface area contributed by atoms with E-state index in [1.165, 1.54) is 0 Å². The molecule has 0 aliphatic heterocycles. The van der Waals surface area contributed by atoms with Gasteiger partial charge in [0.25, 0.3) is 5.60 Å². The van der Waals surface area contributed by atoms with E-state index in [0.29, 0.717) is 30.6 Å². The Labute approximate surface area is 209 Å². The normalized spacial score (nSPS) is 42.3. The van der Waals surface area contributed by atoms with Crippen molar-refractivity contribution in [3.8, 4) is 0 Å². The lowest BCUT2D eigenvalue weighted by Crippen LogP contribution is -2.56. The molecular formula is C27H40F6O3. The van der Waals surface area contributed by atoms with Gasteiger partial charge >= 0.3 is 12.4 Å². The molecule has 3 N–H and O–H groups in total. The van der Waals surface area contributed by atoms with Crippen LogP contribution in [0.3, 0.4) is 0 Å². The van der Waals surface area contributed by atoms with Crippen molar-refractivity contribution in [2.75, 3.05) is 0 Å². The molecule has 0 bridgehead atoms. The summed E-state index contributed by atoms with van der Waals surface area (Å²) in [6.07, 6.45) is -6.39. The fourth-order valence-electron chi connectivity index (χ4n) is 9.00. The highest BCUT2D eigenvalue weighted by atomic mass is 19.4. The van der Waals surface area contributed by atoms with Crippen molar-refractivity contribution in [1.82, 2.24) is 0 Å². The Balaban J connectivity index is 1.46. The summed E-state index contributed by atoms with van der Waals surface area (Å²) in [4.78, 5) is 0. The second-order valence-electron chi connectivity index (χ2n) is 12.7. The SMILES string of the molecule is C[C@H](CCCC(O)(C(F)(F)F)C(F)(F)F)[C@H]1CC[C@H]2[C@@H]3CC=C4CC(O)C[C@H](O)[C@]4(C)[C@H]3CC[C@]12C. The lowest BCUT2D eigenvalue weighted by atomic mass is 9.46. The van der Waals surface area contributed by atoms with Crippen LogP contribution in [0.15, 0.2) is 11.6 Å². The van der Waals surface area contributed by atoms with Crippen LogP contribution in [0, 0.1) is 40.4 Å². The van der Waals surface area contributed by atoms with Crippen molar-refractivity contribution >= 4 is 0 Å². The lowest BCUT2D eigenvalue weighted by molar-refractivity contribution is -0.370. The highest BCUT2D eigenvalue weighted by Gasteiger charge is 2.69. The molecule has 0 saturated heterocycles. The number of alkyl halides is 6. The molecule has 3 nitrogen and oxygen atoms in total. The highest BCUT2D eigenvalue weighted by molar-refractivity contribution is 5.27. The number of allylic oxidation sites excluding steroid dienone is 1. The smallest absolute Gasteiger partial charge is 0.393 e. The van der Waals surface area contributed by atoms with E-state index in [0.717, 1.165) is 37.7 Å². The van der Waals surface area contributed by atoms with Gasteiger partial charge < -0.3 is 15.3 Å². The fraction of sp³-hybridized carbons (Fsp3) is 0.926. The first-order valence-corrected chi connectivity index (χ1v) is 13.4. The molecule has 4 aliphatic carbocycles. The molecule has 1 unspecified atom stereocenters. The van der Waals surface area contributed by atoms with E-state index in [2.05, 4.69) is 19.9 Å². The van der Waals surface area contributed by atoms with Gasteiger partial charge in [-0.1, -0.05) is 38.8 Å². The van der Waals surface area contributed by atoms with Crippen molar-refractivity contribution < 1.29 is 41.7 Å². The van der Waals surface area contributed by atoms with Gasteiger partial charge in [-0.05, 0) is 86.4 Å². The van der Waals surface area contributed by atoms with Gasteiger partial charge in [-0.3, -0.25) is 0 Å². The van der Waals surface area contributed by atoms with Crippen LogP contribution in [0.5, 0.6) is 0 Å². The standard InChI is InChI=1S/C27H40F6O3/c1-15(5-4-11-25(36,26(28,29)30)27(31,32)33)19-8-9-20-18-7-6-16-13-17(34)14-22(35)24(16,3)21(18)10-12-23(19,20)2/h6,15,17-22,34-36H,4-5,7-14H2,1-3H3/t15-,17?,18+,19-,20+,21+,22+,23-,24+/m1/s1. The van der Waals surface area contributed by atoms with Crippen molar-refractivity contribution in [3.63, 3.8) is 0 Å². The van der Waals surface area contributed by atoms with E-state index in [1.54, 1.807) is 0 Å². The molecule has 208 valence electrons. The number of hydrogen-bond acceptors (Lipinski definition) is 3. The Hall–Kier alpha value is -0.800. The van der Waals surface area contributed by atoms with Gasteiger partial charge in [0.15, 0.2) is 0 Å². The summed E-state index contributed by atoms with van der Waals surface area (Å²) in [5.41, 5.74) is -3.92. The van der Waals surface area contributed by atoms with Gasteiger partial charge in [-0.2, -0.15) is 26.3 Å². The van der Waals surface area contributed by atoms with Crippen LogP contribution in [-0.2, 0) is 0 Å². The topological polar surface area (TPSA) is 60.7 Å². The third-order valence-corrected chi connectivity index (χ3v) is 11.1. The van der Waals surface area contributed by atoms with Crippen molar-refractivity contribution in [3.05, 3.63) is 11.6 Å². The zero-order valence-electron chi connectivity index (χ0n) is 21.3. The second-order valence-corrected chi connectivity index (χ2v) is 12.7. The van der Waals surface area contributed by atoms with Crippen LogP contribution in [0.1, 0.15) is 85.0 Å². The Morgan fingerprint density at radius 1 is 1.00 bits per heavy atom. The van der Waals surface area contributed by atoms with E-state index < -0.39 is 36.6 Å².